The van der Waals surface area contributed by atoms with E-state index in [0.717, 1.165) is 38.6 Å². The fraction of sp³-hybridized carbons (Fsp3) is 0.929. The van der Waals surface area contributed by atoms with Crippen molar-refractivity contribution >= 4 is 29.9 Å². The number of nitrogens with zero attached hydrogens (tertiary/aromatic N) is 1. The molecule has 1 fully saturated rings. The number of hydrogen-bond acceptors (Lipinski definition) is 2. The van der Waals surface area contributed by atoms with Crippen LogP contribution in [-0.4, -0.2) is 38.8 Å². The van der Waals surface area contributed by atoms with Crippen LogP contribution in [0.1, 0.15) is 51.9 Å². The van der Waals surface area contributed by atoms with Crippen molar-refractivity contribution in [3.63, 3.8) is 0 Å². The van der Waals surface area contributed by atoms with Gasteiger partial charge in [-0.15, -0.1) is 24.0 Å². The standard InChI is InChI=1S/C14H29N3O.HI/c1-3-18-12-8-7-11-16-14(15-2)17-13-9-5-4-6-10-13;/h13H,3-12H2,1-2H3,(H2,15,16,17);1H. The number of ether oxygens (including phenoxy) is 1. The van der Waals surface area contributed by atoms with Crippen molar-refractivity contribution < 1.29 is 4.74 Å². The van der Waals surface area contributed by atoms with Crippen molar-refractivity contribution in [2.75, 3.05) is 26.8 Å². The van der Waals surface area contributed by atoms with Gasteiger partial charge in [0, 0.05) is 32.8 Å². The minimum atomic E-state index is 0. The average Bonchev–Trinajstić information content (AvgIpc) is 2.42. The van der Waals surface area contributed by atoms with Gasteiger partial charge in [0.25, 0.3) is 0 Å². The molecule has 0 bridgehead atoms. The van der Waals surface area contributed by atoms with Crippen molar-refractivity contribution in [1.29, 1.82) is 0 Å². The number of halogens is 1. The van der Waals surface area contributed by atoms with E-state index in [4.69, 9.17) is 4.74 Å². The van der Waals surface area contributed by atoms with E-state index in [2.05, 4.69) is 15.6 Å². The van der Waals surface area contributed by atoms with E-state index in [0.29, 0.717) is 6.04 Å². The summed E-state index contributed by atoms with van der Waals surface area (Å²) >= 11 is 0. The average molecular weight is 383 g/mol. The first-order chi connectivity index (χ1) is 8.86. The Bertz CT molecular complexity index is 231. The van der Waals surface area contributed by atoms with Crippen LogP contribution in [0.25, 0.3) is 0 Å². The Labute approximate surface area is 135 Å². The second kappa shape index (κ2) is 13.0. The van der Waals surface area contributed by atoms with Crippen LogP contribution in [0.3, 0.4) is 0 Å². The number of aliphatic imine (C=N–C) groups is 1. The van der Waals surface area contributed by atoms with E-state index in [-0.39, 0.29) is 24.0 Å². The number of guanidine groups is 1. The highest BCUT2D eigenvalue weighted by molar-refractivity contribution is 14.0. The van der Waals surface area contributed by atoms with Crippen LogP contribution in [0.2, 0.25) is 0 Å². The first kappa shape index (κ1) is 19.0. The van der Waals surface area contributed by atoms with Crippen LogP contribution in [0.5, 0.6) is 0 Å². The van der Waals surface area contributed by atoms with Gasteiger partial charge >= 0.3 is 0 Å². The van der Waals surface area contributed by atoms with Crippen molar-refractivity contribution in [2.45, 2.75) is 57.9 Å². The van der Waals surface area contributed by atoms with E-state index in [1.807, 2.05) is 14.0 Å². The summed E-state index contributed by atoms with van der Waals surface area (Å²) in [5, 5.41) is 6.89. The Morgan fingerprint density at radius 2 is 1.95 bits per heavy atom. The Hall–Kier alpha value is -0.0400. The van der Waals surface area contributed by atoms with Crippen molar-refractivity contribution in [3.05, 3.63) is 0 Å². The van der Waals surface area contributed by atoms with Gasteiger partial charge in [-0.1, -0.05) is 19.3 Å². The molecule has 0 aliphatic heterocycles. The lowest BCUT2D eigenvalue weighted by atomic mass is 9.96. The van der Waals surface area contributed by atoms with Gasteiger partial charge in [-0.2, -0.15) is 0 Å². The minimum Gasteiger partial charge on any atom is -0.382 e. The van der Waals surface area contributed by atoms with Gasteiger partial charge < -0.3 is 15.4 Å². The lowest BCUT2D eigenvalue weighted by molar-refractivity contribution is 0.143. The summed E-state index contributed by atoms with van der Waals surface area (Å²) < 4.78 is 5.31. The Morgan fingerprint density at radius 1 is 1.21 bits per heavy atom. The molecule has 0 amide bonds. The third-order valence-electron chi connectivity index (χ3n) is 3.38. The zero-order valence-corrected chi connectivity index (χ0v) is 14.7. The molecule has 1 aliphatic rings. The van der Waals surface area contributed by atoms with Crippen molar-refractivity contribution in [1.82, 2.24) is 10.6 Å². The van der Waals surface area contributed by atoms with Gasteiger partial charge in [-0.05, 0) is 32.6 Å². The monoisotopic (exact) mass is 383 g/mol. The van der Waals surface area contributed by atoms with Crippen LogP contribution in [0, 0.1) is 0 Å². The topological polar surface area (TPSA) is 45.6 Å². The van der Waals surface area contributed by atoms with E-state index < -0.39 is 0 Å². The summed E-state index contributed by atoms with van der Waals surface area (Å²) in [7, 11) is 1.85. The van der Waals surface area contributed by atoms with Gasteiger partial charge in [0.1, 0.15) is 0 Å². The third kappa shape index (κ3) is 9.49. The van der Waals surface area contributed by atoms with Crippen molar-refractivity contribution in [2.24, 2.45) is 4.99 Å². The van der Waals surface area contributed by atoms with Gasteiger partial charge in [-0.25, -0.2) is 0 Å². The molecule has 0 aromatic carbocycles. The molecule has 19 heavy (non-hydrogen) atoms. The van der Waals surface area contributed by atoms with Crippen LogP contribution < -0.4 is 10.6 Å². The zero-order valence-electron chi connectivity index (χ0n) is 12.4. The maximum Gasteiger partial charge on any atom is 0.191 e. The lowest BCUT2D eigenvalue weighted by Gasteiger charge is -2.24. The molecule has 1 saturated carbocycles. The van der Waals surface area contributed by atoms with E-state index in [1.165, 1.54) is 32.1 Å². The first-order valence-electron chi connectivity index (χ1n) is 7.41. The molecule has 0 aromatic heterocycles. The van der Waals surface area contributed by atoms with E-state index >= 15 is 0 Å². The fourth-order valence-electron chi connectivity index (χ4n) is 2.32. The van der Waals surface area contributed by atoms with Crippen LogP contribution in [0.15, 0.2) is 4.99 Å². The first-order valence-corrected chi connectivity index (χ1v) is 7.41. The molecule has 4 nitrogen and oxygen atoms in total. The van der Waals surface area contributed by atoms with Crippen molar-refractivity contribution in [3.8, 4) is 0 Å². The number of rotatable bonds is 7. The molecular weight excluding hydrogens is 353 g/mol. The highest BCUT2D eigenvalue weighted by atomic mass is 127. The molecule has 1 rings (SSSR count). The van der Waals surface area contributed by atoms with E-state index in [9.17, 15) is 0 Å². The van der Waals surface area contributed by atoms with Gasteiger partial charge in [-0.3, -0.25) is 4.99 Å². The molecule has 0 heterocycles. The van der Waals surface area contributed by atoms with Gasteiger partial charge in [0.15, 0.2) is 5.96 Å². The van der Waals surface area contributed by atoms with Gasteiger partial charge in [0.2, 0.25) is 0 Å². The molecule has 2 N–H and O–H groups in total. The molecular formula is C14H30IN3O. The SMILES string of the molecule is CCOCCCCNC(=NC)NC1CCCCC1.I. The predicted molar refractivity (Wildman–Crippen MR) is 92.5 cm³/mol. The molecule has 0 atom stereocenters. The highest BCUT2D eigenvalue weighted by Gasteiger charge is 2.13. The largest absolute Gasteiger partial charge is 0.382 e. The molecule has 114 valence electrons. The van der Waals surface area contributed by atoms with Crippen LogP contribution >= 0.6 is 24.0 Å². The molecule has 0 aromatic rings. The summed E-state index contributed by atoms with van der Waals surface area (Å²) in [5.41, 5.74) is 0. The molecule has 0 radical (unpaired) electrons. The summed E-state index contributed by atoms with van der Waals surface area (Å²) in [4.78, 5) is 4.28. The maximum absolute atomic E-state index is 5.31. The molecule has 0 unspecified atom stereocenters. The van der Waals surface area contributed by atoms with E-state index in [1.54, 1.807) is 0 Å². The third-order valence-corrected chi connectivity index (χ3v) is 3.38. The Kier molecular flexibility index (Phi) is 12.9. The normalized spacial score (nSPS) is 16.8. The molecule has 0 spiro atoms. The smallest absolute Gasteiger partial charge is 0.191 e. The maximum atomic E-state index is 5.31. The zero-order chi connectivity index (χ0) is 13.1. The Morgan fingerprint density at radius 3 is 2.58 bits per heavy atom. The number of unbranched alkanes of at least 4 members (excludes halogenated alkanes) is 1. The molecule has 0 saturated heterocycles. The molecule has 5 heteroatoms. The van der Waals surface area contributed by atoms with Crippen LogP contribution in [0.4, 0.5) is 0 Å². The van der Waals surface area contributed by atoms with Crippen LogP contribution in [-0.2, 0) is 4.74 Å². The lowest BCUT2D eigenvalue weighted by Crippen LogP contribution is -2.44. The summed E-state index contributed by atoms with van der Waals surface area (Å²) in [6.07, 6.45) is 8.90. The fourth-order valence-corrected chi connectivity index (χ4v) is 2.32. The number of nitrogens with one attached hydrogen (secondary N) is 2. The quantitative estimate of drug-likeness (QED) is 0.308. The predicted octanol–water partition coefficient (Wildman–Crippen LogP) is 2.92. The second-order valence-electron chi connectivity index (χ2n) is 4.88. The second-order valence-corrected chi connectivity index (χ2v) is 4.88. The number of hydrogen-bond donors (Lipinski definition) is 2. The van der Waals surface area contributed by atoms with Gasteiger partial charge in [0.05, 0.1) is 0 Å². The highest BCUT2D eigenvalue weighted by Crippen LogP contribution is 2.17. The summed E-state index contributed by atoms with van der Waals surface area (Å²) in [5.74, 6) is 0.957. The molecule has 1 aliphatic carbocycles. The summed E-state index contributed by atoms with van der Waals surface area (Å²) in [6.45, 7) is 4.69. The Balaban J connectivity index is 0.00000324. The minimum absolute atomic E-state index is 0. The summed E-state index contributed by atoms with van der Waals surface area (Å²) in [6, 6.07) is 0.619.